The second kappa shape index (κ2) is 5.69. The Balaban J connectivity index is 3.02. The van der Waals surface area contributed by atoms with Crippen molar-refractivity contribution in [1.82, 2.24) is 4.72 Å². The Morgan fingerprint density at radius 1 is 1.40 bits per heavy atom. The average Bonchev–Trinajstić information content (AvgIpc) is 2.36. The van der Waals surface area contributed by atoms with Gasteiger partial charge >= 0.3 is 0 Å². The fourth-order valence-corrected chi connectivity index (χ4v) is 2.45. The van der Waals surface area contributed by atoms with Crippen molar-refractivity contribution >= 4 is 21.6 Å². The zero-order chi connectivity index (χ0) is 15.6. The molecule has 1 aromatic carbocycles. The second-order valence-corrected chi connectivity index (χ2v) is 5.69. The van der Waals surface area contributed by atoms with Crippen LogP contribution in [0.1, 0.15) is 10.4 Å². The van der Waals surface area contributed by atoms with Crippen molar-refractivity contribution in [2.45, 2.75) is 10.8 Å². The minimum atomic E-state index is -4.29. The van der Waals surface area contributed by atoms with Crippen molar-refractivity contribution in [2.24, 2.45) is 5.73 Å². The Bertz CT molecular complexity index is 619. The summed E-state index contributed by atoms with van der Waals surface area (Å²) in [5.74, 6) is -4.39. The third kappa shape index (κ3) is 3.85. The SMILES string of the molecule is NC(=O)c1ccc(S(=O)(=O)NCC(F)(F)CO)c(N)c1. The van der Waals surface area contributed by atoms with Crippen molar-refractivity contribution in [2.75, 3.05) is 18.9 Å². The van der Waals surface area contributed by atoms with E-state index in [2.05, 4.69) is 0 Å². The van der Waals surface area contributed by atoms with Gasteiger partial charge in [0.2, 0.25) is 15.9 Å². The highest BCUT2D eigenvalue weighted by Gasteiger charge is 2.30. The number of nitrogens with two attached hydrogens (primary N) is 2. The molecule has 0 spiro atoms. The van der Waals surface area contributed by atoms with Crippen LogP contribution in [-0.2, 0) is 10.0 Å². The minimum absolute atomic E-state index is 0.0119. The lowest BCUT2D eigenvalue weighted by molar-refractivity contribution is -0.0437. The van der Waals surface area contributed by atoms with Gasteiger partial charge in [-0.2, -0.15) is 0 Å². The predicted octanol–water partition coefficient (Wildman–Crippen LogP) is -0.726. The van der Waals surface area contributed by atoms with Crippen molar-refractivity contribution in [1.29, 1.82) is 0 Å². The molecule has 0 radical (unpaired) electrons. The number of rotatable bonds is 6. The number of alkyl halides is 2. The summed E-state index contributed by atoms with van der Waals surface area (Å²) in [4.78, 5) is 10.4. The second-order valence-electron chi connectivity index (χ2n) is 3.96. The Labute approximate surface area is 113 Å². The maximum atomic E-state index is 12.8. The van der Waals surface area contributed by atoms with E-state index in [-0.39, 0.29) is 11.3 Å². The molecule has 1 rings (SSSR count). The fourth-order valence-electron chi connectivity index (χ4n) is 1.28. The van der Waals surface area contributed by atoms with Crippen LogP contribution in [0.2, 0.25) is 0 Å². The molecule has 0 heterocycles. The molecule has 7 nitrogen and oxygen atoms in total. The number of nitrogens with one attached hydrogen (secondary N) is 1. The van der Waals surface area contributed by atoms with E-state index in [4.69, 9.17) is 16.6 Å². The van der Waals surface area contributed by atoms with Crippen LogP contribution in [0, 0.1) is 0 Å². The molecule has 20 heavy (non-hydrogen) atoms. The van der Waals surface area contributed by atoms with Crippen LogP contribution in [0.3, 0.4) is 0 Å². The summed E-state index contributed by atoms with van der Waals surface area (Å²) in [5, 5.41) is 8.35. The standard InChI is InChI=1S/C10H13F2N3O4S/c11-10(12,5-16)4-15-20(18,19)8-2-1-6(9(14)17)3-7(8)13/h1-3,15-16H,4-5,13H2,(H2,14,17). The summed E-state index contributed by atoms with van der Waals surface area (Å²) >= 11 is 0. The molecule has 0 aliphatic carbocycles. The molecule has 0 aliphatic heterocycles. The van der Waals surface area contributed by atoms with Crippen LogP contribution >= 0.6 is 0 Å². The van der Waals surface area contributed by atoms with E-state index in [0.717, 1.165) is 18.2 Å². The highest BCUT2D eigenvalue weighted by Crippen LogP contribution is 2.20. The van der Waals surface area contributed by atoms with Crippen molar-refractivity contribution in [3.63, 3.8) is 0 Å². The zero-order valence-electron chi connectivity index (χ0n) is 10.1. The number of aliphatic hydroxyl groups is 1. The molecule has 112 valence electrons. The molecule has 6 N–H and O–H groups in total. The van der Waals surface area contributed by atoms with Crippen LogP contribution in [-0.4, -0.2) is 38.5 Å². The van der Waals surface area contributed by atoms with E-state index >= 15 is 0 Å². The van der Waals surface area contributed by atoms with Gasteiger partial charge in [-0.15, -0.1) is 0 Å². The van der Waals surface area contributed by atoms with E-state index in [1.54, 1.807) is 4.72 Å². The summed E-state index contributed by atoms with van der Waals surface area (Å²) in [6.07, 6.45) is 0. The zero-order valence-corrected chi connectivity index (χ0v) is 11.0. The van der Waals surface area contributed by atoms with Gasteiger partial charge < -0.3 is 16.6 Å². The van der Waals surface area contributed by atoms with E-state index in [1.807, 2.05) is 0 Å². The lowest BCUT2D eigenvalue weighted by Crippen LogP contribution is -2.39. The van der Waals surface area contributed by atoms with E-state index < -0.39 is 39.9 Å². The van der Waals surface area contributed by atoms with E-state index in [0.29, 0.717) is 0 Å². The first-order valence-corrected chi connectivity index (χ1v) is 6.75. The Kier molecular flexibility index (Phi) is 4.63. The van der Waals surface area contributed by atoms with Gasteiger partial charge in [-0.3, -0.25) is 4.79 Å². The number of sulfonamides is 1. The maximum Gasteiger partial charge on any atom is 0.283 e. The van der Waals surface area contributed by atoms with Gasteiger partial charge in [0.25, 0.3) is 5.92 Å². The largest absolute Gasteiger partial charge is 0.398 e. The quantitative estimate of drug-likeness (QED) is 0.514. The molecule has 1 aromatic rings. The maximum absolute atomic E-state index is 12.8. The van der Waals surface area contributed by atoms with Gasteiger partial charge in [0, 0.05) is 5.56 Å². The van der Waals surface area contributed by atoms with E-state index in [1.165, 1.54) is 0 Å². The number of anilines is 1. The fraction of sp³-hybridized carbons (Fsp3) is 0.300. The van der Waals surface area contributed by atoms with Crippen molar-refractivity contribution < 1.29 is 27.1 Å². The lowest BCUT2D eigenvalue weighted by Gasteiger charge is -2.15. The molecule has 0 fully saturated rings. The highest BCUT2D eigenvalue weighted by molar-refractivity contribution is 7.89. The van der Waals surface area contributed by atoms with E-state index in [9.17, 15) is 22.0 Å². The molecule has 1 amide bonds. The van der Waals surface area contributed by atoms with Crippen LogP contribution in [0.4, 0.5) is 14.5 Å². The monoisotopic (exact) mass is 309 g/mol. The van der Waals surface area contributed by atoms with Gasteiger partial charge in [0.15, 0.2) is 0 Å². The first-order valence-electron chi connectivity index (χ1n) is 5.27. The van der Waals surface area contributed by atoms with Crippen LogP contribution in [0.25, 0.3) is 0 Å². The number of nitrogen functional groups attached to an aromatic ring is 1. The lowest BCUT2D eigenvalue weighted by atomic mass is 10.2. The summed E-state index contributed by atoms with van der Waals surface area (Å²) < 4.78 is 50.8. The topological polar surface area (TPSA) is 136 Å². The van der Waals surface area contributed by atoms with Crippen LogP contribution in [0.5, 0.6) is 0 Å². The number of halogens is 2. The molecule has 0 unspecified atom stereocenters. The Morgan fingerprint density at radius 3 is 2.45 bits per heavy atom. The van der Waals surface area contributed by atoms with Crippen molar-refractivity contribution in [3.8, 4) is 0 Å². The minimum Gasteiger partial charge on any atom is -0.398 e. The molecule has 0 bridgehead atoms. The molecule has 0 saturated carbocycles. The first-order chi connectivity index (χ1) is 9.09. The molecule has 0 aromatic heterocycles. The number of hydrogen-bond acceptors (Lipinski definition) is 5. The Hall–Kier alpha value is -1.78. The molecular weight excluding hydrogens is 296 g/mol. The first kappa shape index (κ1) is 16.3. The van der Waals surface area contributed by atoms with Crippen molar-refractivity contribution in [3.05, 3.63) is 23.8 Å². The summed E-state index contributed by atoms with van der Waals surface area (Å²) in [7, 11) is -4.29. The number of aliphatic hydroxyl groups excluding tert-OH is 1. The van der Waals surface area contributed by atoms with Gasteiger partial charge in [0.1, 0.15) is 11.5 Å². The molecule has 10 heteroatoms. The normalized spacial score (nSPS) is 12.3. The number of amides is 1. The third-order valence-corrected chi connectivity index (χ3v) is 3.81. The number of carbonyl (C=O) groups excluding carboxylic acids is 1. The third-order valence-electron chi connectivity index (χ3n) is 2.34. The number of hydrogen-bond donors (Lipinski definition) is 4. The molecule has 0 saturated heterocycles. The molecule has 0 aliphatic rings. The van der Waals surface area contributed by atoms with Gasteiger partial charge in [0.05, 0.1) is 12.2 Å². The van der Waals surface area contributed by atoms with Crippen LogP contribution in [0.15, 0.2) is 23.1 Å². The van der Waals surface area contributed by atoms with Gasteiger partial charge in [-0.05, 0) is 18.2 Å². The number of benzene rings is 1. The summed E-state index contributed by atoms with van der Waals surface area (Å²) in [6, 6.07) is 3.12. The molecular formula is C10H13F2N3O4S. The summed E-state index contributed by atoms with van der Waals surface area (Å²) in [5.41, 5.74) is 10.1. The average molecular weight is 309 g/mol. The smallest absolute Gasteiger partial charge is 0.283 e. The van der Waals surface area contributed by atoms with Crippen LogP contribution < -0.4 is 16.2 Å². The summed E-state index contributed by atoms with van der Waals surface area (Å²) in [6.45, 7) is -2.77. The molecule has 0 atom stereocenters. The Morgan fingerprint density at radius 2 is 2.00 bits per heavy atom. The number of primary amides is 1. The van der Waals surface area contributed by atoms with Gasteiger partial charge in [-0.1, -0.05) is 0 Å². The number of carbonyl (C=O) groups is 1. The predicted molar refractivity (Wildman–Crippen MR) is 66.6 cm³/mol. The van der Waals surface area contributed by atoms with Gasteiger partial charge in [-0.25, -0.2) is 21.9 Å². The highest BCUT2D eigenvalue weighted by atomic mass is 32.2.